The Balaban J connectivity index is 3.43. The fraction of sp³-hybridized carbons (Fsp3) is 1.00. The van der Waals surface area contributed by atoms with Crippen molar-refractivity contribution in [3.63, 3.8) is 0 Å². The van der Waals surface area contributed by atoms with Crippen molar-refractivity contribution in [2.24, 2.45) is 0 Å². The normalized spacial score (nSPS) is 12.0. The Kier molecular flexibility index (Phi) is 4.50. The monoisotopic (exact) mass is 193 g/mol. The Morgan fingerprint density at radius 2 is 2.00 bits per heavy atom. The summed E-state index contributed by atoms with van der Waals surface area (Å²) < 4.78 is 0. The minimum Gasteiger partial charge on any atom is -0.312 e. The van der Waals surface area contributed by atoms with Gasteiger partial charge in [-0.05, 0) is 26.8 Å². The Labute approximate surface area is 66.3 Å². The van der Waals surface area contributed by atoms with Gasteiger partial charge in [0.05, 0.1) is 0 Å². The summed E-state index contributed by atoms with van der Waals surface area (Å²) >= 11 is 3.42. The molecule has 0 aliphatic rings. The van der Waals surface area contributed by atoms with Crippen LogP contribution in [0.2, 0.25) is 0 Å². The summed E-state index contributed by atoms with van der Waals surface area (Å²) in [5.41, 5.74) is 0.304. The highest BCUT2D eigenvalue weighted by molar-refractivity contribution is 9.09. The quantitative estimate of drug-likeness (QED) is 0.676. The summed E-state index contributed by atoms with van der Waals surface area (Å²) in [5.74, 6) is 0. The van der Waals surface area contributed by atoms with E-state index in [1.165, 1.54) is 6.42 Å². The zero-order valence-corrected chi connectivity index (χ0v) is 8.09. The van der Waals surface area contributed by atoms with E-state index in [2.05, 4.69) is 42.0 Å². The first-order chi connectivity index (χ1) is 4.12. The fourth-order valence-corrected chi connectivity index (χ4v) is 1.79. The van der Waals surface area contributed by atoms with Crippen LogP contribution in [0.15, 0.2) is 0 Å². The molecule has 56 valence electrons. The van der Waals surface area contributed by atoms with Crippen LogP contribution in [0, 0.1) is 0 Å². The van der Waals surface area contributed by atoms with Crippen LogP contribution in [0.5, 0.6) is 0 Å². The van der Waals surface area contributed by atoms with Crippen molar-refractivity contribution in [1.29, 1.82) is 0 Å². The summed E-state index contributed by atoms with van der Waals surface area (Å²) in [5, 5.41) is 4.47. The largest absolute Gasteiger partial charge is 0.312 e. The summed E-state index contributed by atoms with van der Waals surface area (Å²) in [7, 11) is 0. The van der Waals surface area contributed by atoms with Crippen molar-refractivity contribution < 1.29 is 0 Å². The molecule has 0 aromatic carbocycles. The van der Waals surface area contributed by atoms with E-state index in [-0.39, 0.29) is 0 Å². The summed E-state index contributed by atoms with van der Waals surface area (Å²) in [6, 6.07) is 0. The van der Waals surface area contributed by atoms with Crippen LogP contribution in [-0.2, 0) is 0 Å². The number of rotatable bonds is 4. The molecular formula is C7H16BrN. The van der Waals surface area contributed by atoms with E-state index in [0.29, 0.717) is 5.54 Å². The Morgan fingerprint density at radius 1 is 1.44 bits per heavy atom. The zero-order valence-electron chi connectivity index (χ0n) is 6.50. The Bertz CT molecular complexity index is 63.3. The number of hydrogen-bond donors (Lipinski definition) is 1. The molecule has 9 heavy (non-hydrogen) atoms. The van der Waals surface area contributed by atoms with Gasteiger partial charge in [0, 0.05) is 10.9 Å². The van der Waals surface area contributed by atoms with Crippen molar-refractivity contribution in [2.75, 3.05) is 11.9 Å². The van der Waals surface area contributed by atoms with Gasteiger partial charge in [-0.2, -0.15) is 0 Å². The van der Waals surface area contributed by atoms with E-state index < -0.39 is 0 Å². The van der Waals surface area contributed by atoms with Crippen molar-refractivity contribution in [3.8, 4) is 0 Å². The molecule has 0 aliphatic carbocycles. The van der Waals surface area contributed by atoms with Gasteiger partial charge in [0.1, 0.15) is 0 Å². The first kappa shape index (κ1) is 9.44. The molecule has 0 amide bonds. The first-order valence-corrected chi connectivity index (χ1v) is 4.55. The molecule has 0 radical (unpaired) electrons. The minimum atomic E-state index is 0.304. The third-order valence-electron chi connectivity index (χ3n) is 1.37. The lowest BCUT2D eigenvalue weighted by Crippen LogP contribution is -2.39. The number of alkyl halides is 1. The van der Waals surface area contributed by atoms with Gasteiger partial charge in [0.25, 0.3) is 0 Å². The summed E-state index contributed by atoms with van der Waals surface area (Å²) in [4.78, 5) is 0. The second-order valence-electron chi connectivity index (χ2n) is 2.85. The maximum absolute atomic E-state index is 3.42. The van der Waals surface area contributed by atoms with Crippen molar-refractivity contribution in [3.05, 3.63) is 0 Å². The minimum absolute atomic E-state index is 0.304. The van der Waals surface area contributed by atoms with Gasteiger partial charge < -0.3 is 5.32 Å². The molecular weight excluding hydrogens is 178 g/mol. The van der Waals surface area contributed by atoms with Gasteiger partial charge in [-0.3, -0.25) is 0 Å². The van der Waals surface area contributed by atoms with E-state index in [1.54, 1.807) is 0 Å². The van der Waals surface area contributed by atoms with Gasteiger partial charge in [-0.1, -0.05) is 22.9 Å². The Hall–Kier alpha value is 0.440. The number of nitrogens with one attached hydrogen (secondary N) is 1. The molecule has 0 atom stereocenters. The van der Waals surface area contributed by atoms with E-state index >= 15 is 0 Å². The molecule has 0 bridgehead atoms. The lowest BCUT2D eigenvalue weighted by molar-refractivity contribution is 0.390. The van der Waals surface area contributed by atoms with Gasteiger partial charge in [0.15, 0.2) is 0 Å². The lowest BCUT2D eigenvalue weighted by Gasteiger charge is -2.24. The van der Waals surface area contributed by atoms with E-state index in [0.717, 1.165) is 11.9 Å². The van der Waals surface area contributed by atoms with Crippen LogP contribution in [0.1, 0.15) is 27.2 Å². The molecule has 0 fully saturated rings. The van der Waals surface area contributed by atoms with Gasteiger partial charge in [0.2, 0.25) is 0 Å². The molecule has 0 aliphatic heterocycles. The maximum atomic E-state index is 3.42. The highest BCUT2D eigenvalue weighted by Gasteiger charge is 2.13. The number of hydrogen-bond acceptors (Lipinski definition) is 1. The third-order valence-corrected chi connectivity index (χ3v) is 1.77. The second kappa shape index (κ2) is 4.29. The molecule has 0 saturated heterocycles. The predicted molar refractivity (Wildman–Crippen MR) is 46.2 cm³/mol. The smallest absolute Gasteiger partial charge is 0.0133 e. The third kappa shape index (κ3) is 4.91. The second-order valence-corrected chi connectivity index (χ2v) is 3.65. The molecule has 0 rings (SSSR count). The van der Waals surface area contributed by atoms with E-state index in [4.69, 9.17) is 0 Å². The first-order valence-electron chi connectivity index (χ1n) is 3.43. The molecule has 2 heteroatoms. The predicted octanol–water partition coefficient (Wildman–Crippen LogP) is 2.16. The fourth-order valence-electron chi connectivity index (χ4n) is 0.803. The summed E-state index contributed by atoms with van der Waals surface area (Å²) in [6.07, 6.45) is 1.18. The highest BCUT2D eigenvalue weighted by atomic mass is 79.9. The standard InChI is InChI=1S/C7H16BrN/c1-4-9-7(2,3)5-6-8/h9H,4-6H2,1-3H3. The SMILES string of the molecule is CCNC(C)(C)CCBr. The average Bonchev–Trinajstić information content (AvgIpc) is 1.64. The van der Waals surface area contributed by atoms with Crippen LogP contribution in [-0.4, -0.2) is 17.4 Å². The molecule has 1 nitrogen and oxygen atoms in total. The van der Waals surface area contributed by atoms with Crippen LogP contribution < -0.4 is 5.32 Å². The molecule has 0 aromatic heterocycles. The van der Waals surface area contributed by atoms with Crippen molar-refractivity contribution >= 4 is 15.9 Å². The van der Waals surface area contributed by atoms with Gasteiger partial charge in [-0.15, -0.1) is 0 Å². The topological polar surface area (TPSA) is 12.0 Å². The maximum Gasteiger partial charge on any atom is 0.0133 e. The van der Waals surface area contributed by atoms with Crippen molar-refractivity contribution in [2.45, 2.75) is 32.7 Å². The summed E-state index contributed by atoms with van der Waals surface area (Å²) in [6.45, 7) is 7.63. The van der Waals surface area contributed by atoms with Crippen LogP contribution in [0.25, 0.3) is 0 Å². The lowest BCUT2D eigenvalue weighted by atomic mass is 10.0. The van der Waals surface area contributed by atoms with Gasteiger partial charge >= 0.3 is 0 Å². The molecule has 0 aromatic rings. The van der Waals surface area contributed by atoms with Crippen LogP contribution >= 0.6 is 15.9 Å². The van der Waals surface area contributed by atoms with Crippen LogP contribution in [0.4, 0.5) is 0 Å². The van der Waals surface area contributed by atoms with Gasteiger partial charge in [-0.25, -0.2) is 0 Å². The average molecular weight is 194 g/mol. The van der Waals surface area contributed by atoms with Crippen LogP contribution in [0.3, 0.4) is 0 Å². The molecule has 1 N–H and O–H groups in total. The Morgan fingerprint density at radius 3 is 2.33 bits per heavy atom. The molecule has 0 saturated carbocycles. The molecule has 0 unspecified atom stereocenters. The van der Waals surface area contributed by atoms with E-state index in [1.807, 2.05) is 0 Å². The van der Waals surface area contributed by atoms with Crippen molar-refractivity contribution in [1.82, 2.24) is 5.32 Å². The molecule has 0 spiro atoms. The number of halogens is 1. The van der Waals surface area contributed by atoms with E-state index in [9.17, 15) is 0 Å². The molecule has 0 heterocycles. The highest BCUT2D eigenvalue weighted by Crippen LogP contribution is 2.08. The zero-order chi connectivity index (χ0) is 7.33.